The first-order chi connectivity index (χ1) is 17.5. The molecule has 3 aromatic rings. The van der Waals surface area contributed by atoms with Gasteiger partial charge < -0.3 is 15.1 Å². The van der Waals surface area contributed by atoms with E-state index in [0.717, 1.165) is 22.6 Å². The second-order valence-corrected chi connectivity index (χ2v) is 9.17. The molecule has 1 atom stereocenters. The first kappa shape index (κ1) is 22.0. The van der Waals surface area contributed by atoms with Crippen LogP contribution in [-0.4, -0.2) is 39.6 Å². The van der Waals surface area contributed by atoms with E-state index in [0.29, 0.717) is 29.8 Å². The van der Waals surface area contributed by atoms with Crippen LogP contribution in [0.4, 0.5) is 11.5 Å². The predicted octanol–water partition coefficient (Wildman–Crippen LogP) is 2.62. The summed E-state index contributed by atoms with van der Waals surface area (Å²) in [5, 5.41) is 5.35. The topological polar surface area (TPSA) is 112 Å². The molecule has 9 nitrogen and oxygen atoms in total. The smallest absolute Gasteiger partial charge is 0.256 e. The first-order valence-electron chi connectivity index (χ1n) is 11.8. The molecule has 4 heterocycles. The van der Waals surface area contributed by atoms with Crippen molar-refractivity contribution in [1.82, 2.24) is 15.2 Å². The van der Waals surface area contributed by atoms with Gasteiger partial charge in [0.2, 0.25) is 11.8 Å². The van der Waals surface area contributed by atoms with Gasteiger partial charge in [-0.15, -0.1) is 0 Å². The van der Waals surface area contributed by atoms with Gasteiger partial charge in [-0.05, 0) is 53.4 Å². The highest BCUT2D eigenvalue weighted by Gasteiger charge is 2.40. The Hall–Kier alpha value is -4.53. The SMILES string of the molecule is O=C1CCC(N2Cc3c(C(=O)Nc4cccc5c4CN(c4ccccn4)C5)cccc3C2=O)C(=O)N1. The maximum absolute atomic E-state index is 13.4. The first-order valence-corrected chi connectivity index (χ1v) is 11.8. The molecule has 0 aliphatic carbocycles. The number of nitrogens with zero attached hydrogens (tertiary/aromatic N) is 3. The van der Waals surface area contributed by atoms with Gasteiger partial charge in [-0.3, -0.25) is 24.5 Å². The number of carbonyl (C=O) groups excluding carboxylic acids is 4. The lowest BCUT2D eigenvalue weighted by Crippen LogP contribution is -2.52. The molecular formula is C27H23N5O4. The fraction of sp³-hybridized carbons (Fsp3) is 0.222. The van der Waals surface area contributed by atoms with Crippen LogP contribution >= 0.6 is 0 Å². The normalized spacial score (nSPS) is 18.7. The van der Waals surface area contributed by atoms with Gasteiger partial charge in [-0.1, -0.05) is 24.3 Å². The van der Waals surface area contributed by atoms with Crippen molar-refractivity contribution in [1.29, 1.82) is 0 Å². The summed E-state index contributed by atoms with van der Waals surface area (Å²) in [6.07, 6.45) is 2.21. The lowest BCUT2D eigenvalue weighted by atomic mass is 10.0. The minimum Gasteiger partial charge on any atom is -0.348 e. The summed E-state index contributed by atoms with van der Waals surface area (Å²) >= 11 is 0. The maximum atomic E-state index is 13.4. The fourth-order valence-electron chi connectivity index (χ4n) is 5.23. The summed E-state index contributed by atoms with van der Waals surface area (Å²) in [5.41, 5.74) is 4.27. The van der Waals surface area contributed by atoms with Gasteiger partial charge in [-0.25, -0.2) is 4.98 Å². The number of pyridine rings is 1. The zero-order chi connectivity index (χ0) is 24.8. The third kappa shape index (κ3) is 3.69. The number of nitrogens with one attached hydrogen (secondary N) is 2. The van der Waals surface area contributed by atoms with E-state index in [1.54, 1.807) is 24.4 Å². The Morgan fingerprint density at radius 2 is 1.81 bits per heavy atom. The molecule has 6 rings (SSSR count). The van der Waals surface area contributed by atoms with Crippen LogP contribution < -0.4 is 15.5 Å². The molecule has 0 bridgehead atoms. The Morgan fingerprint density at radius 1 is 0.944 bits per heavy atom. The van der Waals surface area contributed by atoms with E-state index in [1.807, 2.05) is 36.4 Å². The Labute approximate surface area is 207 Å². The van der Waals surface area contributed by atoms with Gasteiger partial charge in [0.1, 0.15) is 11.9 Å². The van der Waals surface area contributed by atoms with Crippen molar-refractivity contribution in [2.75, 3.05) is 10.2 Å². The van der Waals surface area contributed by atoms with Gasteiger partial charge in [0.25, 0.3) is 11.8 Å². The van der Waals surface area contributed by atoms with Crippen molar-refractivity contribution >= 4 is 35.1 Å². The largest absolute Gasteiger partial charge is 0.348 e. The van der Waals surface area contributed by atoms with Crippen LogP contribution in [0.25, 0.3) is 0 Å². The second kappa shape index (κ2) is 8.60. The number of anilines is 2. The number of rotatable bonds is 4. The Balaban J connectivity index is 1.24. The molecular weight excluding hydrogens is 458 g/mol. The van der Waals surface area contributed by atoms with Crippen LogP contribution in [0.5, 0.6) is 0 Å². The average molecular weight is 482 g/mol. The van der Waals surface area contributed by atoms with E-state index < -0.39 is 11.9 Å². The number of piperidine rings is 1. The minimum atomic E-state index is -0.728. The molecule has 3 aliphatic rings. The lowest BCUT2D eigenvalue weighted by Gasteiger charge is -2.29. The zero-order valence-corrected chi connectivity index (χ0v) is 19.4. The van der Waals surface area contributed by atoms with Gasteiger partial charge in [0.15, 0.2) is 0 Å². The number of benzene rings is 2. The van der Waals surface area contributed by atoms with Crippen LogP contribution in [0.3, 0.4) is 0 Å². The molecule has 3 aliphatic heterocycles. The fourth-order valence-corrected chi connectivity index (χ4v) is 5.23. The molecule has 4 amide bonds. The van der Waals surface area contributed by atoms with Crippen LogP contribution in [0.1, 0.15) is 50.2 Å². The molecule has 1 unspecified atom stereocenters. The highest BCUT2D eigenvalue weighted by atomic mass is 16.2. The van der Waals surface area contributed by atoms with Crippen molar-refractivity contribution in [2.45, 2.75) is 38.5 Å². The number of amides is 4. The van der Waals surface area contributed by atoms with Crippen LogP contribution in [0.2, 0.25) is 0 Å². The number of fused-ring (bicyclic) bond motifs is 2. The van der Waals surface area contributed by atoms with Gasteiger partial charge in [0.05, 0.1) is 0 Å². The monoisotopic (exact) mass is 481 g/mol. The van der Waals surface area contributed by atoms with E-state index >= 15 is 0 Å². The molecule has 1 aromatic heterocycles. The highest BCUT2D eigenvalue weighted by Crippen LogP contribution is 2.34. The average Bonchev–Trinajstić information content (AvgIpc) is 3.47. The van der Waals surface area contributed by atoms with E-state index in [4.69, 9.17) is 0 Å². The van der Waals surface area contributed by atoms with Crippen LogP contribution in [0, 0.1) is 0 Å². The number of aromatic nitrogens is 1. The minimum absolute atomic E-state index is 0.143. The molecule has 2 N–H and O–H groups in total. The highest BCUT2D eigenvalue weighted by molar-refractivity contribution is 6.10. The van der Waals surface area contributed by atoms with E-state index in [2.05, 4.69) is 20.5 Å². The third-order valence-electron chi connectivity index (χ3n) is 7.03. The molecule has 0 radical (unpaired) electrons. The van der Waals surface area contributed by atoms with Crippen molar-refractivity contribution in [2.24, 2.45) is 0 Å². The van der Waals surface area contributed by atoms with Crippen molar-refractivity contribution in [3.05, 3.63) is 88.6 Å². The number of hydrogen-bond donors (Lipinski definition) is 2. The summed E-state index contributed by atoms with van der Waals surface area (Å²) in [6.45, 7) is 1.47. The summed E-state index contributed by atoms with van der Waals surface area (Å²) in [5.74, 6) is -0.553. The standard InChI is InChI=1S/C27H23N5O4/c33-24-11-10-22(26(35)30-24)32-15-20-17(6-4-7-18(20)27(32)36)25(34)29-21-8-3-5-16-13-31(14-19(16)21)23-9-1-2-12-28-23/h1-9,12,22H,10-11,13-15H2,(H,29,34)(H,30,33,35). The summed E-state index contributed by atoms with van der Waals surface area (Å²) in [6, 6.07) is 15.9. The molecule has 0 spiro atoms. The zero-order valence-electron chi connectivity index (χ0n) is 19.4. The molecule has 0 saturated carbocycles. The van der Waals surface area contributed by atoms with Crippen molar-refractivity contribution in [3.8, 4) is 0 Å². The van der Waals surface area contributed by atoms with Gasteiger partial charge >= 0.3 is 0 Å². The molecule has 36 heavy (non-hydrogen) atoms. The van der Waals surface area contributed by atoms with E-state index in [1.165, 1.54) is 4.90 Å². The molecule has 1 fully saturated rings. The van der Waals surface area contributed by atoms with E-state index in [9.17, 15) is 19.2 Å². The third-order valence-corrected chi connectivity index (χ3v) is 7.03. The number of imide groups is 1. The molecule has 180 valence electrons. The Bertz CT molecular complexity index is 1420. The quantitative estimate of drug-likeness (QED) is 0.554. The summed E-state index contributed by atoms with van der Waals surface area (Å²) < 4.78 is 0. The van der Waals surface area contributed by atoms with Crippen LogP contribution in [-0.2, 0) is 29.2 Å². The van der Waals surface area contributed by atoms with Crippen molar-refractivity contribution < 1.29 is 19.2 Å². The second-order valence-electron chi connectivity index (χ2n) is 9.17. The molecule has 1 saturated heterocycles. The van der Waals surface area contributed by atoms with Gasteiger partial charge in [-0.2, -0.15) is 0 Å². The van der Waals surface area contributed by atoms with Crippen molar-refractivity contribution in [3.63, 3.8) is 0 Å². The van der Waals surface area contributed by atoms with Crippen LogP contribution in [0.15, 0.2) is 60.8 Å². The molecule has 2 aromatic carbocycles. The number of hydrogen-bond acceptors (Lipinski definition) is 6. The Morgan fingerprint density at radius 3 is 2.61 bits per heavy atom. The summed E-state index contributed by atoms with van der Waals surface area (Å²) in [7, 11) is 0. The Kier molecular flexibility index (Phi) is 5.25. The van der Waals surface area contributed by atoms with Gasteiger partial charge in [0, 0.05) is 49.1 Å². The predicted molar refractivity (Wildman–Crippen MR) is 131 cm³/mol. The summed E-state index contributed by atoms with van der Waals surface area (Å²) in [4.78, 5) is 58.5. The number of carbonyl (C=O) groups is 4. The maximum Gasteiger partial charge on any atom is 0.256 e. The van der Waals surface area contributed by atoms with E-state index in [-0.39, 0.29) is 37.1 Å². The lowest BCUT2D eigenvalue weighted by molar-refractivity contribution is -0.136. The molecule has 9 heteroatoms.